The minimum Gasteiger partial charge on any atom is -0.384 e. The number of hydrogen-bond acceptors (Lipinski definition) is 4. The molecule has 2 heterocycles. The van der Waals surface area contributed by atoms with Gasteiger partial charge >= 0.3 is 0 Å². The zero-order chi connectivity index (χ0) is 15.9. The number of nitrogens with zero attached hydrogens (tertiary/aromatic N) is 2. The number of rotatable bonds is 6. The number of likely N-dealkylation sites (tertiary alicyclic amines) is 1. The summed E-state index contributed by atoms with van der Waals surface area (Å²) >= 11 is 0. The lowest BCUT2D eigenvalue weighted by Gasteiger charge is -2.15. The van der Waals surface area contributed by atoms with Crippen LogP contribution in [-0.4, -0.2) is 42.0 Å². The summed E-state index contributed by atoms with van der Waals surface area (Å²) in [6, 6.07) is 11.2. The first-order valence-electron chi connectivity index (χ1n) is 8.09. The summed E-state index contributed by atoms with van der Waals surface area (Å²) in [7, 11) is 0. The molecule has 1 aromatic carbocycles. The van der Waals surface area contributed by atoms with Crippen molar-refractivity contribution in [3.05, 3.63) is 54.4 Å². The van der Waals surface area contributed by atoms with Gasteiger partial charge in [0.2, 0.25) is 0 Å². The molecule has 1 aromatic heterocycles. The quantitative estimate of drug-likeness (QED) is 0.861. The van der Waals surface area contributed by atoms with E-state index in [4.69, 9.17) is 0 Å². The fraction of sp³-hybridized carbons (Fsp3) is 0.333. The lowest BCUT2D eigenvalue weighted by Crippen LogP contribution is -2.26. The van der Waals surface area contributed by atoms with Crippen LogP contribution < -0.4 is 10.6 Å². The molecule has 1 amide bonds. The fourth-order valence-electron chi connectivity index (χ4n) is 2.77. The van der Waals surface area contributed by atoms with Crippen LogP contribution in [0.3, 0.4) is 0 Å². The SMILES string of the molecule is O=C(Nc1cccnc1)c1cccc(NCCN2CCCC2)c1. The third-order valence-electron chi connectivity index (χ3n) is 4.00. The van der Waals surface area contributed by atoms with Crippen molar-refractivity contribution in [2.24, 2.45) is 0 Å². The second-order valence-electron chi connectivity index (χ2n) is 5.75. The Morgan fingerprint density at radius 1 is 1.13 bits per heavy atom. The van der Waals surface area contributed by atoms with Gasteiger partial charge in [0.05, 0.1) is 11.9 Å². The zero-order valence-electron chi connectivity index (χ0n) is 13.2. The van der Waals surface area contributed by atoms with Gasteiger partial charge in [0, 0.05) is 30.5 Å². The maximum atomic E-state index is 12.3. The third-order valence-corrected chi connectivity index (χ3v) is 4.00. The fourth-order valence-corrected chi connectivity index (χ4v) is 2.77. The maximum absolute atomic E-state index is 12.3. The van der Waals surface area contributed by atoms with Gasteiger partial charge in [-0.15, -0.1) is 0 Å². The first-order chi connectivity index (χ1) is 11.3. The summed E-state index contributed by atoms with van der Waals surface area (Å²) in [5, 5.41) is 6.25. The molecule has 0 aliphatic carbocycles. The predicted molar refractivity (Wildman–Crippen MR) is 92.8 cm³/mol. The average molecular weight is 310 g/mol. The van der Waals surface area contributed by atoms with Crippen molar-refractivity contribution < 1.29 is 4.79 Å². The number of carbonyl (C=O) groups excluding carboxylic acids is 1. The first-order valence-corrected chi connectivity index (χ1v) is 8.09. The lowest BCUT2D eigenvalue weighted by atomic mass is 10.2. The van der Waals surface area contributed by atoms with E-state index < -0.39 is 0 Å². The molecule has 0 saturated carbocycles. The Morgan fingerprint density at radius 3 is 2.74 bits per heavy atom. The molecule has 0 unspecified atom stereocenters. The highest BCUT2D eigenvalue weighted by molar-refractivity contribution is 6.04. The number of carbonyl (C=O) groups is 1. The summed E-state index contributed by atoms with van der Waals surface area (Å²) in [6.07, 6.45) is 5.94. The van der Waals surface area contributed by atoms with Gasteiger partial charge in [-0.1, -0.05) is 6.07 Å². The van der Waals surface area contributed by atoms with E-state index in [2.05, 4.69) is 20.5 Å². The molecule has 120 valence electrons. The van der Waals surface area contributed by atoms with Gasteiger partial charge < -0.3 is 15.5 Å². The molecule has 5 heteroatoms. The van der Waals surface area contributed by atoms with Crippen LogP contribution in [-0.2, 0) is 0 Å². The summed E-state index contributed by atoms with van der Waals surface area (Å²) in [6.45, 7) is 4.35. The van der Waals surface area contributed by atoms with E-state index in [9.17, 15) is 4.79 Å². The Bertz CT molecular complexity index is 638. The van der Waals surface area contributed by atoms with E-state index in [1.807, 2.05) is 30.3 Å². The standard InChI is InChI=1S/C18H22N4O/c23-18(21-17-7-4-8-19-14-17)15-5-3-6-16(13-15)20-9-12-22-10-1-2-11-22/h3-8,13-14,20H,1-2,9-12H2,(H,21,23). The number of hydrogen-bond donors (Lipinski definition) is 2. The molecule has 1 saturated heterocycles. The molecule has 5 nitrogen and oxygen atoms in total. The summed E-state index contributed by atoms with van der Waals surface area (Å²) < 4.78 is 0. The van der Waals surface area contributed by atoms with Gasteiger partial charge in [-0.3, -0.25) is 9.78 Å². The van der Waals surface area contributed by atoms with Crippen LogP contribution in [0.4, 0.5) is 11.4 Å². The Hall–Kier alpha value is -2.40. The zero-order valence-corrected chi connectivity index (χ0v) is 13.2. The average Bonchev–Trinajstić information content (AvgIpc) is 3.09. The van der Waals surface area contributed by atoms with E-state index in [0.717, 1.165) is 18.8 Å². The van der Waals surface area contributed by atoms with E-state index in [-0.39, 0.29) is 5.91 Å². The molecular weight excluding hydrogens is 288 g/mol. The van der Waals surface area contributed by atoms with E-state index in [1.54, 1.807) is 18.5 Å². The molecule has 0 spiro atoms. The number of pyridine rings is 1. The van der Waals surface area contributed by atoms with Gasteiger partial charge in [-0.25, -0.2) is 0 Å². The number of aromatic nitrogens is 1. The second kappa shape index (κ2) is 7.74. The topological polar surface area (TPSA) is 57.3 Å². The Morgan fingerprint density at radius 2 is 1.96 bits per heavy atom. The molecule has 2 N–H and O–H groups in total. The van der Waals surface area contributed by atoms with Crippen LogP contribution in [0.5, 0.6) is 0 Å². The highest BCUT2D eigenvalue weighted by Crippen LogP contribution is 2.13. The number of anilines is 2. The van der Waals surface area contributed by atoms with Crippen LogP contribution in [0.2, 0.25) is 0 Å². The van der Waals surface area contributed by atoms with Gasteiger partial charge in [0.25, 0.3) is 5.91 Å². The van der Waals surface area contributed by atoms with Crippen molar-refractivity contribution in [3.8, 4) is 0 Å². The van der Waals surface area contributed by atoms with Crippen LogP contribution in [0.25, 0.3) is 0 Å². The van der Waals surface area contributed by atoms with Gasteiger partial charge in [-0.2, -0.15) is 0 Å². The van der Waals surface area contributed by atoms with Gasteiger partial charge in [-0.05, 0) is 56.3 Å². The molecule has 0 radical (unpaired) electrons. The van der Waals surface area contributed by atoms with Crippen molar-refractivity contribution in [1.29, 1.82) is 0 Å². The number of amides is 1. The highest BCUT2D eigenvalue weighted by atomic mass is 16.1. The lowest BCUT2D eigenvalue weighted by molar-refractivity contribution is 0.102. The minimum absolute atomic E-state index is 0.124. The molecule has 23 heavy (non-hydrogen) atoms. The molecule has 0 bridgehead atoms. The molecular formula is C18H22N4O. The van der Waals surface area contributed by atoms with Crippen LogP contribution in [0.15, 0.2) is 48.8 Å². The Kier molecular flexibility index (Phi) is 5.21. The largest absolute Gasteiger partial charge is 0.384 e. The predicted octanol–water partition coefficient (Wildman–Crippen LogP) is 2.84. The maximum Gasteiger partial charge on any atom is 0.255 e. The van der Waals surface area contributed by atoms with Crippen LogP contribution in [0, 0.1) is 0 Å². The molecule has 0 atom stereocenters. The monoisotopic (exact) mass is 310 g/mol. The third kappa shape index (κ3) is 4.53. The molecule has 2 aromatic rings. The number of nitrogens with one attached hydrogen (secondary N) is 2. The smallest absolute Gasteiger partial charge is 0.255 e. The van der Waals surface area contributed by atoms with Crippen molar-refractivity contribution in [1.82, 2.24) is 9.88 Å². The van der Waals surface area contributed by atoms with Crippen molar-refractivity contribution in [2.45, 2.75) is 12.8 Å². The molecule has 1 aliphatic rings. The van der Waals surface area contributed by atoms with Crippen molar-refractivity contribution >= 4 is 17.3 Å². The van der Waals surface area contributed by atoms with Crippen LogP contribution in [0.1, 0.15) is 23.2 Å². The van der Waals surface area contributed by atoms with E-state index in [1.165, 1.54) is 25.9 Å². The first kappa shape index (κ1) is 15.5. The summed E-state index contributed by atoms with van der Waals surface area (Å²) in [4.78, 5) is 18.7. The second-order valence-corrected chi connectivity index (χ2v) is 5.75. The normalized spacial score (nSPS) is 14.6. The van der Waals surface area contributed by atoms with E-state index >= 15 is 0 Å². The van der Waals surface area contributed by atoms with Gasteiger partial charge in [0.1, 0.15) is 0 Å². The minimum atomic E-state index is -0.124. The summed E-state index contributed by atoms with van der Waals surface area (Å²) in [5.41, 5.74) is 2.31. The number of benzene rings is 1. The highest BCUT2D eigenvalue weighted by Gasteiger charge is 2.10. The van der Waals surface area contributed by atoms with Crippen LogP contribution >= 0.6 is 0 Å². The Balaban J connectivity index is 1.54. The van der Waals surface area contributed by atoms with Crippen molar-refractivity contribution in [3.63, 3.8) is 0 Å². The summed E-state index contributed by atoms with van der Waals surface area (Å²) in [5.74, 6) is -0.124. The van der Waals surface area contributed by atoms with Gasteiger partial charge in [0.15, 0.2) is 0 Å². The Labute approximate surface area is 136 Å². The molecule has 1 fully saturated rings. The molecule has 3 rings (SSSR count). The molecule has 1 aliphatic heterocycles. The van der Waals surface area contributed by atoms with E-state index in [0.29, 0.717) is 11.3 Å². The van der Waals surface area contributed by atoms with Crippen molar-refractivity contribution in [2.75, 3.05) is 36.8 Å².